The molecule has 5 heteroatoms. The number of nitrogens with zero attached hydrogens (tertiary/aromatic N) is 1. The molecule has 0 saturated carbocycles. The number of hydrazine groups is 1. The first-order valence-corrected chi connectivity index (χ1v) is 5.79. The highest BCUT2D eigenvalue weighted by atomic mass is 16.1. The molecular weight excluding hydrogens is 228 g/mol. The molecular formula is C13H16N4O. The number of nitrogens with one attached hydrogen (secondary N) is 2. The zero-order valence-electron chi connectivity index (χ0n) is 10.4. The standard InChI is InChI=1S/C13H16N4O/c1-8(2)15-13(18)11-7-9-5-3-4-6-10(9)12(16-11)17-14/h3-8H,14H2,1-2H3,(H,15,18)(H,16,17). The van der Waals surface area contributed by atoms with Crippen molar-refractivity contribution in [2.24, 2.45) is 5.84 Å². The summed E-state index contributed by atoms with van der Waals surface area (Å²) >= 11 is 0. The number of carbonyl (C=O) groups excluding carboxylic acids is 1. The Hall–Kier alpha value is -2.14. The maximum Gasteiger partial charge on any atom is 0.270 e. The van der Waals surface area contributed by atoms with Gasteiger partial charge in [-0.1, -0.05) is 24.3 Å². The van der Waals surface area contributed by atoms with Crippen molar-refractivity contribution in [2.45, 2.75) is 19.9 Å². The van der Waals surface area contributed by atoms with Crippen LogP contribution >= 0.6 is 0 Å². The number of nitrogen functional groups attached to an aromatic ring is 1. The van der Waals surface area contributed by atoms with Crippen LogP contribution in [0.5, 0.6) is 0 Å². The van der Waals surface area contributed by atoms with Crippen LogP contribution in [0.15, 0.2) is 30.3 Å². The predicted molar refractivity (Wildman–Crippen MR) is 72.2 cm³/mol. The number of amides is 1. The number of rotatable bonds is 3. The number of anilines is 1. The van der Waals surface area contributed by atoms with Crippen LogP contribution in [0.4, 0.5) is 5.82 Å². The highest BCUT2D eigenvalue weighted by Gasteiger charge is 2.12. The Balaban J connectivity index is 2.50. The summed E-state index contributed by atoms with van der Waals surface area (Å²) in [6, 6.07) is 9.46. The van der Waals surface area contributed by atoms with Crippen LogP contribution in [0, 0.1) is 0 Å². The highest BCUT2D eigenvalue weighted by molar-refractivity contribution is 6.00. The van der Waals surface area contributed by atoms with E-state index in [1.54, 1.807) is 6.07 Å². The second kappa shape index (κ2) is 5.01. The van der Waals surface area contributed by atoms with Gasteiger partial charge in [-0.15, -0.1) is 0 Å². The number of fused-ring (bicyclic) bond motifs is 1. The van der Waals surface area contributed by atoms with E-state index in [0.29, 0.717) is 11.5 Å². The number of nitrogens with two attached hydrogens (primary N) is 1. The fraction of sp³-hybridized carbons (Fsp3) is 0.231. The average molecular weight is 244 g/mol. The van der Waals surface area contributed by atoms with Crippen LogP contribution in [-0.4, -0.2) is 16.9 Å². The predicted octanol–water partition coefficient (Wildman–Crippen LogP) is 1.66. The van der Waals surface area contributed by atoms with Crippen molar-refractivity contribution in [1.82, 2.24) is 10.3 Å². The van der Waals surface area contributed by atoms with Crippen LogP contribution in [0.1, 0.15) is 24.3 Å². The van der Waals surface area contributed by atoms with Gasteiger partial charge in [0.15, 0.2) is 0 Å². The Bertz CT molecular complexity index is 580. The molecule has 0 bridgehead atoms. The molecule has 0 radical (unpaired) electrons. The minimum atomic E-state index is -0.202. The van der Waals surface area contributed by atoms with Gasteiger partial charge in [0.2, 0.25) is 0 Å². The summed E-state index contributed by atoms with van der Waals surface area (Å²) in [6.45, 7) is 3.81. The zero-order chi connectivity index (χ0) is 13.1. The molecule has 5 nitrogen and oxygen atoms in total. The van der Waals surface area contributed by atoms with Crippen molar-refractivity contribution in [3.05, 3.63) is 36.0 Å². The molecule has 0 aliphatic heterocycles. The SMILES string of the molecule is CC(C)NC(=O)c1cc2ccccc2c(NN)n1. The summed E-state index contributed by atoms with van der Waals surface area (Å²) in [7, 11) is 0. The van der Waals surface area contributed by atoms with E-state index in [1.807, 2.05) is 38.1 Å². The van der Waals surface area contributed by atoms with Crippen molar-refractivity contribution in [3.63, 3.8) is 0 Å². The first kappa shape index (κ1) is 12.3. The molecule has 0 atom stereocenters. The first-order chi connectivity index (χ1) is 8.61. The summed E-state index contributed by atoms with van der Waals surface area (Å²) in [5.41, 5.74) is 2.88. The maximum absolute atomic E-state index is 11.9. The molecule has 1 aromatic carbocycles. The van der Waals surface area contributed by atoms with E-state index >= 15 is 0 Å². The van der Waals surface area contributed by atoms with Gasteiger partial charge in [-0.25, -0.2) is 10.8 Å². The minimum Gasteiger partial charge on any atom is -0.349 e. The third-order valence-electron chi connectivity index (χ3n) is 2.53. The third kappa shape index (κ3) is 2.41. The van der Waals surface area contributed by atoms with Crippen LogP contribution in [0.3, 0.4) is 0 Å². The van der Waals surface area contributed by atoms with Gasteiger partial charge in [-0.05, 0) is 25.3 Å². The lowest BCUT2D eigenvalue weighted by molar-refractivity contribution is 0.0938. The smallest absolute Gasteiger partial charge is 0.270 e. The fourth-order valence-electron chi connectivity index (χ4n) is 1.76. The van der Waals surface area contributed by atoms with Crippen LogP contribution in [0.25, 0.3) is 10.8 Å². The lowest BCUT2D eigenvalue weighted by Gasteiger charge is -2.10. The van der Waals surface area contributed by atoms with Gasteiger partial charge < -0.3 is 10.7 Å². The van der Waals surface area contributed by atoms with Gasteiger partial charge in [0, 0.05) is 11.4 Å². The molecule has 0 aliphatic rings. The van der Waals surface area contributed by atoms with Gasteiger partial charge in [0.25, 0.3) is 5.91 Å². The number of benzene rings is 1. The van der Waals surface area contributed by atoms with E-state index in [2.05, 4.69) is 15.7 Å². The Kier molecular flexibility index (Phi) is 3.43. The molecule has 1 amide bonds. The third-order valence-corrected chi connectivity index (χ3v) is 2.53. The van der Waals surface area contributed by atoms with Crippen LogP contribution in [0.2, 0.25) is 0 Å². The average Bonchev–Trinajstić information content (AvgIpc) is 2.36. The molecule has 2 aromatic rings. The lowest BCUT2D eigenvalue weighted by atomic mass is 10.1. The Morgan fingerprint density at radius 3 is 2.72 bits per heavy atom. The topological polar surface area (TPSA) is 80.0 Å². The van der Waals surface area contributed by atoms with Crippen molar-refractivity contribution < 1.29 is 4.79 Å². The van der Waals surface area contributed by atoms with Crippen molar-refractivity contribution in [1.29, 1.82) is 0 Å². The van der Waals surface area contributed by atoms with E-state index in [9.17, 15) is 4.79 Å². The molecule has 2 rings (SSSR count). The molecule has 0 spiro atoms. The van der Waals surface area contributed by atoms with Crippen molar-refractivity contribution in [3.8, 4) is 0 Å². The molecule has 0 saturated heterocycles. The summed E-state index contributed by atoms with van der Waals surface area (Å²) in [6.07, 6.45) is 0. The molecule has 0 fully saturated rings. The van der Waals surface area contributed by atoms with Gasteiger partial charge >= 0.3 is 0 Å². The molecule has 94 valence electrons. The molecule has 0 aliphatic carbocycles. The quantitative estimate of drug-likeness (QED) is 0.566. The summed E-state index contributed by atoms with van der Waals surface area (Å²) in [4.78, 5) is 16.1. The molecule has 18 heavy (non-hydrogen) atoms. The maximum atomic E-state index is 11.9. The van der Waals surface area contributed by atoms with Crippen LogP contribution in [-0.2, 0) is 0 Å². The van der Waals surface area contributed by atoms with Gasteiger partial charge in [0.1, 0.15) is 11.5 Å². The number of hydrogen-bond donors (Lipinski definition) is 3. The minimum absolute atomic E-state index is 0.0695. The van der Waals surface area contributed by atoms with Gasteiger partial charge in [-0.3, -0.25) is 4.79 Å². The van der Waals surface area contributed by atoms with Crippen LogP contribution < -0.4 is 16.6 Å². The van der Waals surface area contributed by atoms with E-state index in [1.165, 1.54) is 0 Å². The van der Waals surface area contributed by atoms with Crippen molar-refractivity contribution in [2.75, 3.05) is 5.43 Å². The van der Waals surface area contributed by atoms with Crippen molar-refractivity contribution >= 4 is 22.5 Å². The normalized spacial score (nSPS) is 10.7. The summed E-state index contributed by atoms with van der Waals surface area (Å²) in [5, 5.41) is 4.62. The molecule has 0 unspecified atom stereocenters. The Morgan fingerprint density at radius 1 is 1.33 bits per heavy atom. The second-order valence-electron chi connectivity index (χ2n) is 4.35. The number of hydrogen-bond acceptors (Lipinski definition) is 4. The Morgan fingerprint density at radius 2 is 2.06 bits per heavy atom. The zero-order valence-corrected chi connectivity index (χ0v) is 10.4. The van der Waals surface area contributed by atoms with E-state index in [4.69, 9.17) is 5.84 Å². The van der Waals surface area contributed by atoms with E-state index < -0.39 is 0 Å². The number of pyridine rings is 1. The second-order valence-corrected chi connectivity index (χ2v) is 4.35. The largest absolute Gasteiger partial charge is 0.349 e. The number of aromatic nitrogens is 1. The lowest BCUT2D eigenvalue weighted by Crippen LogP contribution is -2.31. The number of carbonyl (C=O) groups is 1. The summed E-state index contributed by atoms with van der Waals surface area (Å²) in [5.74, 6) is 5.74. The van der Waals surface area contributed by atoms with Gasteiger partial charge in [0.05, 0.1) is 0 Å². The first-order valence-electron chi connectivity index (χ1n) is 5.79. The molecule has 1 aromatic heterocycles. The summed E-state index contributed by atoms with van der Waals surface area (Å²) < 4.78 is 0. The fourth-order valence-corrected chi connectivity index (χ4v) is 1.76. The molecule has 4 N–H and O–H groups in total. The Labute approximate surface area is 105 Å². The van der Waals surface area contributed by atoms with E-state index in [-0.39, 0.29) is 11.9 Å². The monoisotopic (exact) mass is 244 g/mol. The van der Waals surface area contributed by atoms with E-state index in [0.717, 1.165) is 10.8 Å². The molecule has 1 heterocycles. The van der Waals surface area contributed by atoms with Gasteiger partial charge in [-0.2, -0.15) is 0 Å². The highest BCUT2D eigenvalue weighted by Crippen LogP contribution is 2.21.